The zero-order valence-corrected chi connectivity index (χ0v) is 5.66. The van der Waals surface area contributed by atoms with Crippen molar-refractivity contribution in [1.82, 2.24) is 0 Å². The van der Waals surface area contributed by atoms with E-state index in [1.165, 1.54) is 0 Å². The molecular formula is C3H10NO4P. The van der Waals surface area contributed by atoms with E-state index in [4.69, 9.17) is 20.6 Å². The first-order chi connectivity index (χ1) is 3.98. The molecule has 0 spiro atoms. The lowest BCUT2D eigenvalue weighted by molar-refractivity contribution is 0.274. The second-order valence-corrected chi connectivity index (χ2v) is 3.51. The molecule has 0 aliphatic carbocycles. The first kappa shape index (κ1) is 9.07. The lowest BCUT2D eigenvalue weighted by atomic mass is 10.5. The van der Waals surface area contributed by atoms with E-state index in [0.29, 0.717) is 0 Å². The van der Waals surface area contributed by atoms with Crippen molar-refractivity contribution < 1.29 is 19.5 Å². The maximum Gasteiger partial charge on any atom is 0.342 e. The van der Waals surface area contributed by atoms with E-state index in [-0.39, 0.29) is 13.0 Å². The van der Waals surface area contributed by atoms with Gasteiger partial charge in [0.2, 0.25) is 0 Å². The molecule has 0 aromatic rings. The molecule has 0 bridgehead atoms. The molecule has 5 N–H and O–H groups in total. The summed E-state index contributed by atoms with van der Waals surface area (Å²) >= 11 is 0. The van der Waals surface area contributed by atoms with Crippen molar-refractivity contribution in [2.45, 2.75) is 12.2 Å². The second kappa shape index (κ2) is 3.29. The van der Waals surface area contributed by atoms with Crippen molar-refractivity contribution in [2.24, 2.45) is 5.73 Å². The van der Waals surface area contributed by atoms with Crippen LogP contribution in [-0.4, -0.2) is 27.3 Å². The van der Waals surface area contributed by atoms with Crippen molar-refractivity contribution >= 4 is 7.60 Å². The van der Waals surface area contributed by atoms with Crippen molar-refractivity contribution in [1.29, 1.82) is 0 Å². The Morgan fingerprint density at radius 2 is 2.00 bits per heavy atom. The van der Waals surface area contributed by atoms with Crippen molar-refractivity contribution in [2.75, 3.05) is 6.61 Å². The lowest BCUT2D eigenvalue weighted by Gasteiger charge is -2.10. The summed E-state index contributed by atoms with van der Waals surface area (Å²) in [7, 11) is -4.16. The Labute approximate surface area is 52.7 Å². The van der Waals surface area contributed by atoms with Gasteiger partial charge in [-0.3, -0.25) is 4.57 Å². The van der Waals surface area contributed by atoms with Crippen LogP contribution in [-0.2, 0) is 4.57 Å². The van der Waals surface area contributed by atoms with Crippen LogP contribution in [0.3, 0.4) is 0 Å². The average molecular weight is 155 g/mol. The predicted molar refractivity (Wildman–Crippen MR) is 31.7 cm³/mol. The highest BCUT2D eigenvalue weighted by atomic mass is 31.2. The summed E-state index contributed by atoms with van der Waals surface area (Å²) in [4.78, 5) is 16.6. The molecule has 0 fully saturated rings. The number of aliphatic hydroxyl groups excluding tert-OH is 1. The fraction of sp³-hybridized carbons (Fsp3) is 1.00. The first-order valence-electron chi connectivity index (χ1n) is 2.40. The normalized spacial score (nSPS) is 15.6. The summed E-state index contributed by atoms with van der Waals surface area (Å²) in [5.74, 6) is -1.22. The lowest BCUT2D eigenvalue weighted by Crippen LogP contribution is -2.20. The van der Waals surface area contributed by atoms with Crippen LogP contribution in [0.4, 0.5) is 0 Å². The van der Waals surface area contributed by atoms with E-state index >= 15 is 0 Å². The topological polar surface area (TPSA) is 104 Å². The van der Waals surface area contributed by atoms with Gasteiger partial charge in [0.1, 0.15) is 5.78 Å². The van der Waals surface area contributed by atoms with Crippen molar-refractivity contribution in [3.8, 4) is 0 Å². The molecule has 0 aliphatic heterocycles. The maximum atomic E-state index is 10.2. The van der Waals surface area contributed by atoms with Gasteiger partial charge in [0.05, 0.1) is 0 Å². The Morgan fingerprint density at radius 3 is 2.11 bits per heavy atom. The van der Waals surface area contributed by atoms with E-state index in [0.717, 1.165) is 0 Å². The van der Waals surface area contributed by atoms with Crippen LogP contribution in [0, 0.1) is 0 Å². The van der Waals surface area contributed by atoms with Gasteiger partial charge in [-0.05, 0) is 6.42 Å². The highest BCUT2D eigenvalue weighted by Gasteiger charge is 2.23. The van der Waals surface area contributed by atoms with Gasteiger partial charge in [-0.25, -0.2) is 0 Å². The fourth-order valence-electron chi connectivity index (χ4n) is 0.300. The largest absolute Gasteiger partial charge is 0.396 e. The molecular weight excluding hydrogens is 145 g/mol. The molecule has 0 aliphatic rings. The summed E-state index contributed by atoms with van der Waals surface area (Å²) in [6, 6.07) is 0. The van der Waals surface area contributed by atoms with E-state index in [1.54, 1.807) is 0 Å². The zero-order chi connectivity index (χ0) is 7.49. The average Bonchev–Trinajstić information content (AvgIpc) is 1.64. The van der Waals surface area contributed by atoms with Crippen LogP contribution in [0.25, 0.3) is 0 Å². The summed E-state index contributed by atoms with van der Waals surface area (Å²) < 4.78 is 10.2. The summed E-state index contributed by atoms with van der Waals surface area (Å²) in [5, 5.41) is 8.18. The minimum atomic E-state index is -4.16. The number of nitrogens with two attached hydrogens (primary N) is 1. The molecule has 0 saturated carbocycles. The number of rotatable bonds is 3. The smallest absolute Gasteiger partial charge is 0.342 e. The van der Waals surface area contributed by atoms with E-state index in [9.17, 15) is 4.57 Å². The minimum absolute atomic E-state index is 0.0652. The Hall–Kier alpha value is 0.0700. The number of aliphatic hydroxyl groups is 1. The number of hydrogen-bond acceptors (Lipinski definition) is 3. The van der Waals surface area contributed by atoms with Crippen LogP contribution in [0.2, 0.25) is 0 Å². The molecule has 0 aromatic carbocycles. The molecule has 6 heteroatoms. The molecule has 9 heavy (non-hydrogen) atoms. The highest BCUT2D eigenvalue weighted by Crippen LogP contribution is 2.39. The van der Waals surface area contributed by atoms with Gasteiger partial charge in [-0.1, -0.05) is 0 Å². The fourth-order valence-corrected chi connectivity index (χ4v) is 0.752. The molecule has 0 radical (unpaired) electrons. The Bertz CT molecular complexity index is 121. The maximum absolute atomic E-state index is 10.2. The van der Waals surface area contributed by atoms with Gasteiger partial charge in [-0.2, -0.15) is 0 Å². The third kappa shape index (κ3) is 3.61. The van der Waals surface area contributed by atoms with Crippen LogP contribution in [0.5, 0.6) is 0 Å². The van der Waals surface area contributed by atoms with E-state index in [1.807, 2.05) is 0 Å². The van der Waals surface area contributed by atoms with E-state index in [2.05, 4.69) is 0 Å². The first-order valence-corrected chi connectivity index (χ1v) is 4.08. The van der Waals surface area contributed by atoms with Crippen LogP contribution in [0.1, 0.15) is 6.42 Å². The highest BCUT2D eigenvalue weighted by molar-refractivity contribution is 7.52. The van der Waals surface area contributed by atoms with Gasteiger partial charge in [0, 0.05) is 6.61 Å². The molecule has 0 amide bonds. The molecule has 0 aromatic heterocycles. The summed E-state index contributed by atoms with van der Waals surface area (Å²) in [5.41, 5.74) is 4.94. The van der Waals surface area contributed by atoms with E-state index < -0.39 is 13.4 Å². The molecule has 0 saturated heterocycles. The van der Waals surface area contributed by atoms with Crippen LogP contribution in [0.15, 0.2) is 0 Å². The molecule has 0 heterocycles. The van der Waals surface area contributed by atoms with Crippen LogP contribution < -0.4 is 5.73 Å². The van der Waals surface area contributed by atoms with Gasteiger partial charge >= 0.3 is 7.60 Å². The van der Waals surface area contributed by atoms with Crippen LogP contribution >= 0.6 is 7.60 Å². The third-order valence-corrected chi connectivity index (χ3v) is 1.98. The third-order valence-electron chi connectivity index (χ3n) is 0.857. The summed E-state index contributed by atoms with van der Waals surface area (Å²) in [6.07, 6.45) is -0.0652. The summed E-state index contributed by atoms with van der Waals surface area (Å²) in [6.45, 7) is -0.299. The van der Waals surface area contributed by atoms with Crippen molar-refractivity contribution in [3.63, 3.8) is 0 Å². The molecule has 0 rings (SSSR count). The molecule has 1 atom stereocenters. The van der Waals surface area contributed by atoms with Gasteiger partial charge in [-0.15, -0.1) is 0 Å². The Balaban J connectivity index is 3.74. The molecule has 0 unspecified atom stereocenters. The monoisotopic (exact) mass is 155 g/mol. The number of hydrogen-bond donors (Lipinski definition) is 4. The Kier molecular flexibility index (Phi) is 3.32. The quantitative estimate of drug-likeness (QED) is 0.384. The predicted octanol–water partition coefficient (Wildman–Crippen LogP) is -1.17. The standard InChI is InChI=1S/C3H10NO4P/c4-3(1-2-5)9(6,7)8/h3,5H,1-2,4H2,(H2,6,7,8)/t3-/m0/s1. The molecule has 56 valence electrons. The van der Waals surface area contributed by atoms with Gasteiger partial charge < -0.3 is 20.6 Å². The SMILES string of the molecule is N[C@H](CCO)P(=O)(O)O. The van der Waals surface area contributed by atoms with Gasteiger partial charge in [0.15, 0.2) is 0 Å². The Morgan fingerprint density at radius 1 is 1.56 bits per heavy atom. The van der Waals surface area contributed by atoms with Crippen molar-refractivity contribution in [3.05, 3.63) is 0 Å². The zero-order valence-electron chi connectivity index (χ0n) is 4.77. The molecule has 5 nitrogen and oxygen atoms in total. The minimum Gasteiger partial charge on any atom is -0.396 e. The second-order valence-electron chi connectivity index (χ2n) is 1.67. The van der Waals surface area contributed by atoms with Gasteiger partial charge in [0.25, 0.3) is 0 Å².